The third-order valence-corrected chi connectivity index (χ3v) is 5.76. The summed E-state index contributed by atoms with van der Waals surface area (Å²) in [4.78, 5) is 25.7. The number of nitrogens with one attached hydrogen (secondary N) is 1. The summed E-state index contributed by atoms with van der Waals surface area (Å²) in [6.07, 6.45) is 0. The molecule has 1 N–H and O–H groups in total. The van der Waals surface area contributed by atoms with Gasteiger partial charge >= 0.3 is 5.97 Å². The lowest BCUT2D eigenvalue weighted by atomic mass is 10.2. The fourth-order valence-corrected chi connectivity index (χ4v) is 3.41. The van der Waals surface area contributed by atoms with Gasteiger partial charge in [0.2, 0.25) is 15.9 Å². The number of anilines is 1. The van der Waals surface area contributed by atoms with E-state index in [-0.39, 0.29) is 42.3 Å². The van der Waals surface area contributed by atoms with Crippen LogP contribution in [0.15, 0.2) is 23.1 Å². The highest BCUT2D eigenvalue weighted by Crippen LogP contribution is 2.28. The van der Waals surface area contributed by atoms with E-state index < -0.39 is 16.0 Å². The molecule has 0 heterocycles. The molecule has 1 rings (SSSR count). The number of nitrogens with zero attached hydrogens (tertiary/aromatic N) is 2. The van der Waals surface area contributed by atoms with Crippen molar-refractivity contribution in [2.45, 2.75) is 31.7 Å². The van der Waals surface area contributed by atoms with Crippen LogP contribution in [0.3, 0.4) is 0 Å². The summed E-state index contributed by atoms with van der Waals surface area (Å²) in [6.45, 7) is 5.66. The third kappa shape index (κ3) is 6.47. The molecule has 0 aromatic heterocycles. The van der Waals surface area contributed by atoms with Crippen LogP contribution in [-0.4, -0.2) is 76.4 Å². The molecule has 0 radical (unpaired) electrons. The van der Waals surface area contributed by atoms with Crippen molar-refractivity contribution in [3.05, 3.63) is 18.2 Å². The Kier molecular flexibility index (Phi) is 8.86. The summed E-state index contributed by atoms with van der Waals surface area (Å²) in [7, 11) is 0.447. The fraction of sp³-hybridized carbons (Fsp3) is 0.556. The van der Waals surface area contributed by atoms with E-state index >= 15 is 0 Å². The zero-order chi connectivity index (χ0) is 21.5. The van der Waals surface area contributed by atoms with E-state index in [2.05, 4.69) is 5.32 Å². The van der Waals surface area contributed by atoms with Gasteiger partial charge in [-0.3, -0.25) is 14.5 Å². The number of benzene rings is 1. The smallest absolute Gasteiger partial charge is 0.320 e. The second kappa shape index (κ2) is 10.4. The van der Waals surface area contributed by atoms with Crippen molar-refractivity contribution in [2.24, 2.45) is 0 Å². The topological polar surface area (TPSA) is 105 Å². The van der Waals surface area contributed by atoms with Crippen LogP contribution in [0.4, 0.5) is 5.69 Å². The molecular formula is C18H29N3O6S. The van der Waals surface area contributed by atoms with Crippen LogP contribution in [0.25, 0.3) is 0 Å². The van der Waals surface area contributed by atoms with Gasteiger partial charge in [0, 0.05) is 25.8 Å². The Morgan fingerprint density at radius 3 is 2.32 bits per heavy atom. The number of carbonyl (C=O) groups excluding carboxylic acids is 2. The van der Waals surface area contributed by atoms with Crippen molar-refractivity contribution in [1.29, 1.82) is 0 Å². The molecule has 0 bridgehead atoms. The van der Waals surface area contributed by atoms with Crippen LogP contribution in [-0.2, 0) is 24.3 Å². The minimum absolute atomic E-state index is 0.0121. The predicted molar refractivity (Wildman–Crippen MR) is 106 cm³/mol. The highest BCUT2D eigenvalue weighted by molar-refractivity contribution is 7.89. The largest absolute Gasteiger partial charge is 0.495 e. The number of methoxy groups -OCH3 is 1. The molecule has 28 heavy (non-hydrogen) atoms. The average Bonchev–Trinajstić information content (AvgIpc) is 2.61. The maximum Gasteiger partial charge on any atom is 0.320 e. The lowest BCUT2D eigenvalue weighted by Crippen LogP contribution is -2.41. The molecule has 158 valence electrons. The first-order chi connectivity index (χ1) is 13.0. The minimum atomic E-state index is -3.75. The van der Waals surface area contributed by atoms with Crippen LogP contribution in [0.1, 0.15) is 20.8 Å². The Bertz CT molecular complexity index is 793. The highest BCUT2D eigenvalue weighted by atomic mass is 32.2. The molecule has 0 saturated heterocycles. The van der Waals surface area contributed by atoms with E-state index in [4.69, 9.17) is 9.47 Å². The lowest BCUT2D eigenvalue weighted by Gasteiger charge is -2.24. The molecule has 0 aliphatic heterocycles. The number of carbonyl (C=O) groups is 2. The van der Waals surface area contributed by atoms with Crippen LogP contribution < -0.4 is 10.1 Å². The van der Waals surface area contributed by atoms with E-state index in [1.165, 1.54) is 33.3 Å². The summed E-state index contributed by atoms with van der Waals surface area (Å²) in [5, 5.41) is 2.66. The molecule has 0 aliphatic rings. The first-order valence-corrected chi connectivity index (χ1v) is 10.3. The van der Waals surface area contributed by atoms with Crippen LogP contribution in [0.2, 0.25) is 0 Å². The molecular weight excluding hydrogens is 386 g/mol. The number of amides is 1. The number of esters is 1. The summed E-state index contributed by atoms with van der Waals surface area (Å²) in [6, 6.07) is 4.31. The summed E-state index contributed by atoms with van der Waals surface area (Å²) in [5.41, 5.74) is 0.311. The molecule has 0 unspecified atom stereocenters. The van der Waals surface area contributed by atoms with Gasteiger partial charge in [0.15, 0.2) is 0 Å². The first-order valence-electron chi connectivity index (χ1n) is 8.83. The number of ether oxygens (including phenoxy) is 2. The number of sulfonamides is 1. The van der Waals surface area contributed by atoms with E-state index in [0.29, 0.717) is 5.69 Å². The second-order valence-corrected chi connectivity index (χ2v) is 8.63. The number of hydrogen-bond donors (Lipinski definition) is 1. The quantitative estimate of drug-likeness (QED) is 0.572. The minimum Gasteiger partial charge on any atom is -0.495 e. The van der Waals surface area contributed by atoms with Gasteiger partial charge in [-0.05, 0) is 39.0 Å². The van der Waals surface area contributed by atoms with Gasteiger partial charge in [0.25, 0.3) is 0 Å². The number of rotatable bonds is 10. The van der Waals surface area contributed by atoms with Crippen molar-refractivity contribution in [3.8, 4) is 5.75 Å². The lowest BCUT2D eigenvalue weighted by molar-refractivity contribution is -0.145. The van der Waals surface area contributed by atoms with Crippen molar-refractivity contribution < 1.29 is 27.5 Å². The monoisotopic (exact) mass is 415 g/mol. The Morgan fingerprint density at radius 1 is 1.18 bits per heavy atom. The highest BCUT2D eigenvalue weighted by Gasteiger charge is 2.23. The third-order valence-electron chi connectivity index (χ3n) is 3.92. The molecule has 1 aromatic rings. The van der Waals surface area contributed by atoms with Crippen LogP contribution in [0.5, 0.6) is 5.75 Å². The van der Waals surface area contributed by atoms with Crippen molar-refractivity contribution >= 4 is 27.6 Å². The Hall–Kier alpha value is -2.17. The SMILES string of the molecule is CCOC(=O)CN(CC(=O)Nc1ccc(OC)c(S(=O)(=O)N(C)C)c1)C(C)C. The van der Waals surface area contributed by atoms with Crippen LogP contribution in [0, 0.1) is 0 Å². The van der Waals surface area contributed by atoms with Crippen molar-refractivity contribution in [3.63, 3.8) is 0 Å². The van der Waals surface area contributed by atoms with Gasteiger partial charge in [0.1, 0.15) is 10.6 Å². The summed E-state index contributed by atoms with van der Waals surface area (Å²) in [5.74, 6) is -0.609. The van der Waals surface area contributed by atoms with Crippen LogP contribution >= 0.6 is 0 Å². The summed E-state index contributed by atoms with van der Waals surface area (Å²) >= 11 is 0. The summed E-state index contributed by atoms with van der Waals surface area (Å²) < 4.78 is 36.1. The van der Waals surface area contributed by atoms with E-state index in [1.54, 1.807) is 17.9 Å². The molecule has 0 atom stereocenters. The Morgan fingerprint density at radius 2 is 1.82 bits per heavy atom. The number of hydrogen-bond acceptors (Lipinski definition) is 7. The molecule has 0 fully saturated rings. The van der Waals surface area contributed by atoms with Gasteiger partial charge in [-0.1, -0.05) is 0 Å². The van der Waals surface area contributed by atoms with E-state index in [1.807, 2.05) is 13.8 Å². The van der Waals surface area contributed by atoms with Crippen molar-refractivity contribution in [1.82, 2.24) is 9.21 Å². The van der Waals surface area contributed by atoms with Gasteiger partial charge in [0.05, 0.1) is 26.8 Å². The predicted octanol–water partition coefficient (Wildman–Crippen LogP) is 1.16. The Balaban J connectivity index is 2.98. The molecule has 1 amide bonds. The van der Waals surface area contributed by atoms with E-state index in [9.17, 15) is 18.0 Å². The first kappa shape index (κ1) is 23.9. The molecule has 1 aromatic carbocycles. The molecule has 10 heteroatoms. The van der Waals surface area contributed by atoms with Gasteiger partial charge in [-0.15, -0.1) is 0 Å². The van der Waals surface area contributed by atoms with Gasteiger partial charge in [-0.2, -0.15) is 0 Å². The fourth-order valence-electron chi connectivity index (χ4n) is 2.33. The second-order valence-electron chi connectivity index (χ2n) is 6.50. The normalized spacial score (nSPS) is 11.8. The maximum atomic E-state index is 12.5. The zero-order valence-electron chi connectivity index (χ0n) is 17.2. The van der Waals surface area contributed by atoms with Gasteiger partial charge < -0.3 is 14.8 Å². The standard InChI is InChI=1S/C18H29N3O6S/c1-7-27-18(23)12-21(13(2)3)11-17(22)19-14-8-9-15(26-6)16(10-14)28(24,25)20(4)5/h8-10,13H,7,11-12H2,1-6H3,(H,19,22). The van der Waals surface area contributed by atoms with E-state index in [0.717, 1.165) is 4.31 Å². The van der Waals surface area contributed by atoms with Crippen molar-refractivity contribution in [2.75, 3.05) is 46.2 Å². The maximum absolute atomic E-state index is 12.5. The van der Waals surface area contributed by atoms with Gasteiger partial charge in [-0.25, -0.2) is 12.7 Å². The molecule has 0 saturated carbocycles. The molecule has 9 nitrogen and oxygen atoms in total. The Labute approximate surface area is 166 Å². The molecule has 0 aliphatic carbocycles. The average molecular weight is 416 g/mol. The zero-order valence-corrected chi connectivity index (χ0v) is 18.0. The molecule has 0 spiro atoms.